The van der Waals surface area contributed by atoms with Gasteiger partial charge in [-0.3, -0.25) is 9.36 Å². The molecule has 0 aliphatic carbocycles. The van der Waals surface area contributed by atoms with Gasteiger partial charge in [0.25, 0.3) is 0 Å². The van der Waals surface area contributed by atoms with Crippen molar-refractivity contribution in [2.24, 2.45) is 0 Å². The third-order valence-electron chi connectivity index (χ3n) is 3.01. The SMILES string of the molecule is CCCn1c(SCC(=O)NCCOc2ccc(Cl)cc2)n[nH]c1=O. The van der Waals surface area contributed by atoms with Gasteiger partial charge in [0.1, 0.15) is 12.4 Å². The lowest BCUT2D eigenvalue weighted by Crippen LogP contribution is -2.29. The van der Waals surface area contributed by atoms with E-state index >= 15 is 0 Å². The van der Waals surface area contributed by atoms with Gasteiger partial charge in [0, 0.05) is 11.6 Å². The van der Waals surface area contributed by atoms with E-state index < -0.39 is 0 Å². The van der Waals surface area contributed by atoms with Gasteiger partial charge in [-0.25, -0.2) is 9.89 Å². The summed E-state index contributed by atoms with van der Waals surface area (Å²) in [6.07, 6.45) is 0.821. The average molecular weight is 371 g/mol. The predicted octanol–water partition coefficient (Wildman–Crippen LogP) is 1.92. The number of halogens is 1. The quantitative estimate of drug-likeness (QED) is 0.520. The third kappa shape index (κ3) is 5.61. The number of aromatic amines is 1. The summed E-state index contributed by atoms with van der Waals surface area (Å²) in [5, 5.41) is 10.2. The number of ether oxygens (including phenoxy) is 1. The van der Waals surface area contributed by atoms with E-state index in [2.05, 4.69) is 15.5 Å². The number of hydrogen-bond donors (Lipinski definition) is 2. The molecule has 0 atom stereocenters. The first-order valence-corrected chi connectivity index (χ1v) is 8.89. The fraction of sp³-hybridized carbons (Fsp3) is 0.400. The van der Waals surface area contributed by atoms with Gasteiger partial charge in [0.05, 0.1) is 12.3 Å². The molecule has 0 bridgehead atoms. The number of nitrogens with zero attached hydrogens (tertiary/aromatic N) is 2. The number of carbonyl (C=O) groups excluding carboxylic acids is 1. The molecule has 0 radical (unpaired) electrons. The maximum Gasteiger partial charge on any atom is 0.343 e. The maximum absolute atomic E-state index is 11.8. The highest BCUT2D eigenvalue weighted by atomic mass is 35.5. The molecule has 1 aromatic carbocycles. The largest absolute Gasteiger partial charge is 0.492 e. The molecule has 0 fully saturated rings. The number of amides is 1. The average Bonchev–Trinajstić information content (AvgIpc) is 2.92. The van der Waals surface area contributed by atoms with Crippen molar-refractivity contribution >= 4 is 29.3 Å². The summed E-state index contributed by atoms with van der Waals surface area (Å²) in [7, 11) is 0. The summed E-state index contributed by atoms with van der Waals surface area (Å²) in [6.45, 7) is 3.31. The van der Waals surface area contributed by atoms with E-state index in [0.29, 0.717) is 35.6 Å². The maximum atomic E-state index is 11.8. The molecule has 9 heteroatoms. The van der Waals surface area contributed by atoms with E-state index in [0.717, 1.165) is 6.42 Å². The lowest BCUT2D eigenvalue weighted by molar-refractivity contribution is -0.118. The monoisotopic (exact) mass is 370 g/mol. The summed E-state index contributed by atoms with van der Waals surface area (Å²) in [5.41, 5.74) is -0.254. The fourth-order valence-corrected chi connectivity index (χ4v) is 2.83. The Morgan fingerprint density at radius 3 is 2.88 bits per heavy atom. The molecule has 2 N–H and O–H groups in total. The van der Waals surface area contributed by atoms with Crippen molar-refractivity contribution in [3.8, 4) is 5.75 Å². The number of rotatable bonds is 9. The second-order valence-corrected chi connectivity index (χ2v) is 6.28. The number of thioether (sulfide) groups is 1. The van der Waals surface area contributed by atoms with Crippen LogP contribution in [0.2, 0.25) is 5.02 Å². The Hall–Kier alpha value is -1.93. The van der Waals surface area contributed by atoms with Crippen LogP contribution in [0.1, 0.15) is 13.3 Å². The summed E-state index contributed by atoms with van der Waals surface area (Å²) in [4.78, 5) is 23.4. The van der Waals surface area contributed by atoms with E-state index in [4.69, 9.17) is 16.3 Å². The Morgan fingerprint density at radius 1 is 1.42 bits per heavy atom. The molecular formula is C15H19ClN4O3S. The Bertz CT molecular complexity index is 714. The molecule has 0 saturated heterocycles. The first-order chi connectivity index (χ1) is 11.6. The Balaban J connectivity index is 1.68. The van der Waals surface area contributed by atoms with Crippen molar-refractivity contribution in [1.29, 1.82) is 0 Å². The lowest BCUT2D eigenvalue weighted by Gasteiger charge is -2.08. The number of hydrogen-bond acceptors (Lipinski definition) is 5. The van der Waals surface area contributed by atoms with E-state index in [9.17, 15) is 9.59 Å². The number of aromatic nitrogens is 3. The van der Waals surface area contributed by atoms with Gasteiger partial charge in [-0.05, 0) is 30.7 Å². The Kier molecular flexibility index (Phi) is 7.20. The molecule has 0 spiro atoms. The molecule has 0 aliphatic rings. The highest BCUT2D eigenvalue weighted by Crippen LogP contribution is 2.15. The Morgan fingerprint density at radius 2 is 2.17 bits per heavy atom. The van der Waals surface area contributed by atoms with E-state index in [1.807, 2.05) is 6.92 Å². The lowest BCUT2D eigenvalue weighted by atomic mass is 10.3. The van der Waals surface area contributed by atoms with Crippen LogP contribution in [0.15, 0.2) is 34.2 Å². The molecule has 0 saturated carbocycles. The second kappa shape index (κ2) is 9.39. The molecule has 2 aromatic rings. The zero-order valence-corrected chi connectivity index (χ0v) is 14.8. The van der Waals surface area contributed by atoms with E-state index in [-0.39, 0.29) is 17.3 Å². The highest BCUT2D eigenvalue weighted by molar-refractivity contribution is 7.99. The molecule has 7 nitrogen and oxygen atoms in total. The summed E-state index contributed by atoms with van der Waals surface area (Å²) < 4.78 is 7.01. The van der Waals surface area contributed by atoms with Crippen LogP contribution in [-0.4, -0.2) is 39.6 Å². The van der Waals surface area contributed by atoms with Crippen molar-refractivity contribution in [2.75, 3.05) is 18.9 Å². The topological polar surface area (TPSA) is 89.0 Å². The number of H-pyrrole nitrogens is 1. The second-order valence-electron chi connectivity index (χ2n) is 4.90. The van der Waals surface area contributed by atoms with Crippen molar-refractivity contribution in [2.45, 2.75) is 25.0 Å². The zero-order chi connectivity index (χ0) is 17.4. The van der Waals surface area contributed by atoms with Crippen LogP contribution >= 0.6 is 23.4 Å². The van der Waals surface area contributed by atoms with Gasteiger partial charge >= 0.3 is 5.69 Å². The van der Waals surface area contributed by atoms with Gasteiger partial charge in [0.15, 0.2) is 5.16 Å². The first kappa shape index (κ1) is 18.4. The third-order valence-corrected chi connectivity index (χ3v) is 4.24. The molecule has 2 rings (SSSR count). The van der Waals surface area contributed by atoms with Gasteiger partial charge in [0.2, 0.25) is 5.91 Å². The highest BCUT2D eigenvalue weighted by Gasteiger charge is 2.10. The van der Waals surface area contributed by atoms with Gasteiger partial charge < -0.3 is 10.1 Å². The van der Waals surface area contributed by atoms with Crippen LogP contribution in [-0.2, 0) is 11.3 Å². The van der Waals surface area contributed by atoms with Crippen molar-refractivity contribution in [1.82, 2.24) is 20.1 Å². The Labute approximate surface area is 148 Å². The molecule has 1 aromatic heterocycles. The summed E-state index contributed by atoms with van der Waals surface area (Å²) in [5.74, 6) is 0.746. The minimum atomic E-state index is -0.254. The number of nitrogens with one attached hydrogen (secondary N) is 2. The number of carbonyl (C=O) groups is 1. The molecular weight excluding hydrogens is 352 g/mol. The van der Waals surface area contributed by atoms with Crippen LogP contribution < -0.4 is 15.7 Å². The van der Waals surface area contributed by atoms with Crippen LogP contribution in [0.5, 0.6) is 5.75 Å². The van der Waals surface area contributed by atoms with Crippen molar-refractivity contribution < 1.29 is 9.53 Å². The number of benzene rings is 1. The van der Waals surface area contributed by atoms with Gasteiger partial charge in [-0.1, -0.05) is 30.3 Å². The normalized spacial score (nSPS) is 10.6. The van der Waals surface area contributed by atoms with Crippen LogP contribution in [0.4, 0.5) is 0 Å². The first-order valence-electron chi connectivity index (χ1n) is 7.53. The van der Waals surface area contributed by atoms with Crippen LogP contribution in [0.3, 0.4) is 0 Å². The van der Waals surface area contributed by atoms with Gasteiger partial charge in [-0.15, -0.1) is 5.10 Å². The fourth-order valence-electron chi connectivity index (χ4n) is 1.91. The van der Waals surface area contributed by atoms with Crippen LogP contribution in [0, 0.1) is 0 Å². The van der Waals surface area contributed by atoms with Gasteiger partial charge in [-0.2, -0.15) is 0 Å². The van der Waals surface area contributed by atoms with E-state index in [1.165, 1.54) is 16.3 Å². The molecule has 1 amide bonds. The minimum Gasteiger partial charge on any atom is -0.492 e. The smallest absolute Gasteiger partial charge is 0.343 e. The van der Waals surface area contributed by atoms with E-state index in [1.54, 1.807) is 24.3 Å². The van der Waals surface area contributed by atoms with Crippen molar-refractivity contribution in [3.63, 3.8) is 0 Å². The molecule has 1 heterocycles. The summed E-state index contributed by atoms with van der Waals surface area (Å²) >= 11 is 7.01. The summed E-state index contributed by atoms with van der Waals surface area (Å²) in [6, 6.07) is 7.02. The van der Waals surface area contributed by atoms with Crippen molar-refractivity contribution in [3.05, 3.63) is 39.8 Å². The standard InChI is InChI=1S/C15H19ClN4O3S/c1-2-8-20-14(22)18-19-15(20)24-10-13(21)17-7-9-23-12-5-3-11(16)4-6-12/h3-6H,2,7-10H2,1H3,(H,17,21)(H,18,22). The minimum absolute atomic E-state index is 0.141. The molecule has 0 unspecified atom stereocenters. The predicted molar refractivity (Wildman–Crippen MR) is 93.8 cm³/mol. The van der Waals surface area contributed by atoms with Crippen LogP contribution in [0.25, 0.3) is 0 Å². The zero-order valence-electron chi connectivity index (χ0n) is 13.3. The molecule has 130 valence electrons. The molecule has 24 heavy (non-hydrogen) atoms. The molecule has 0 aliphatic heterocycles.